The number of rotatable bonds is 13. The smallest absolute Gasteiger partial charge is 0.487 e. The molecule has 22 nitrogen and oxygen atoms in total. The molecule has 4 aliphatic heterocycles. The Bertz CT molecular complexity index is 2960. The van der Waals surface area contributed by atoms with E-state index in [-0.39, 0.29) is 41.4 Å². The van der Waals surface area contributed by atoms with Crippen LogP contribution in [0.1, 0.15) is 12.6 Å². The van der Waals surface area contributed by atoms with E-state index in [0.29, 0.717) is 103 Å². The van der Waals surface area contributed by atoms with E-state index in [1.54, 1.807) is 17.0 Å². The largest absolute Gasteiger partial charge is 0.573 e. The zero-order valence-corrected chi connectivity index (χ0v) is 40.7. The number of nitrogens with zero attached hydrogens (tertiary/aromatic N) is 13. The van der Waals surface area contributed by atoms with Crippen LogP contribution in [-0.2, 0) is 16.0 Å². The second-order valence-corrected chi connectivity index (χ2v) is 17.7. The molecule has 0 unspecified atom stereocenters. The molecule has 0 spiro atoms. The molecule has 2 saturated heterocycles. The zero-order chi connectivity index (χ0) is 52.1. The first kappa shape index (κ1) is 51.6. The lowest BCUT2D eigenvalue weighted by Gasteiger charge is -2.33. The van der Waals surface area contributed by atoms with Gasteiger partial charge in [0, 0.05) is 111 Å². The number of piperazine rings is 2. The van der Waals surface area contributed by atoms with Crippen LogP contribution >= 0.6 is 0 Å². The van der Waals surface area contributed by atoms with Crippen LogP contribution in [0.5, 0.6) is 23.0 Å². The molecular formula is C46H54F6N16O6. The van der Waals surface area contributed by atoms with Gasteiger partial charge in [-0.1, -0.05) is 24.3 Å². The quantitative estimate of drug-likeness (QED) is 0.142. The summed E-state index contributed by atoms with van der Waals surface area (Å²) in [6, 6.07) is 10.9. The fourth-order valence-electron chi connectivity index (χ4n) is 8.97. The molecule has 0 bridgehead atoms. The highest BCUT2D eigenvalue weighted by Gasteiger charge is 2.35. The normalized spacial score (nSPS) is 16.4. The number of hydrogen-bond acceptors (Lipinski definition) is 18. The molecule has 4 aromatic heterocycles. The summed E-state index contributed by atoms with van der Waals surface area (Å²) in [4.78, 5) is 35.6. The van der Waals surface area contributed by atoms with Crippen molar-refractivity contribution in [1.29, 1.82) is 0 Å². The lowest BCUT2D eigenvalue weighted by atomic mass is 10.2. The third-order valence-electron chi connectivity index (χ3n) is 12.6. The van der Waals surface area contributed by atoms with E-state index in [2.05, 4.69) is 60.7 Å². The van der Waals surface area contributed by atoms with Gasteiger partial charge in [0.1, 0.15) is 41.8 Å². The van der Waals surface area contributed by atoms with Crippen LogP contribution in [0.3, 0.4) is 0 Å². The van der Waals surface area contributed by atoms with Gasteiger partial charge < -0.3 is 44.7 Å². The van der Waals surface area contributed by atoms with Crippen LogP contribution in [0.25, 0.3) is 34.1 Å². The fourth-order valence-corrected chi connectivity index (χ4v) is 8.97. The Balaban J connectivity index is 0.000000182. The van der Waals surface area contributed by atoms with E-state index >= 15 is 0 Å². The molecule has 10 rings (SSSR count). The van der Waals surface area contributed by atoms with E-state index in [1.165, 1.54) is 52.4 Å². The average Bonchev–Trinajstić information content (AvgIpc) is 4.00. The minimum atomic E-state index is -4.83. The molecule has 4 aliphatic rings. The number of anilines is 3. The summed E-state index contributed by atoms with van der Waals surface area (Å²) >= 11 is 0. The zero-order valence-electron chi connectivity index (χ0n) is 40.7. The van der Waals surface area contributed by atoms with Gasteiger partial charge in [-0.15, -0.1) is 51.8 Å². The van der Waals surface area contributed by atoms with Crippen molar-refractivity contribution >= 4 is 40.3 Å². The number of nitrogens with one attached hydrogen (secondary N) is 3. The monoisotopic (exact) mass is 1040 g/mol. The van der Waals surface area contributed by atoms with Crippen LogP contribution in [0.2, 0.25) is 0 Å². The third-order valence-corrected chi connectivity index (χ3v) is 12.6. The molecule has 2 aromatic carbocycles. The Morgan fingerprint density at radius 1 is 0.689 bits per heavy atom. The van der Waals surface area contributed by atoms with Gasteiger partial charge in [0.2, 0.25) is 28.9 Å². The Kier molecular flexibility index (Phi) is 15.4. The number of ether oxygens (including phenoxy) is 4. The molecule has 396 valence electrons. The van der Waals surface area contributed by atoms with Crippen LogP contribution in [0.4, 0.5) is 43.5 Å². The molecular weight excluding hydrogens is 987 g/mol. The van der Waals surface area contributed by atoms with Crippen molar-refractivity contribution in [3.63, 3.8) is 0 Å². The number of amides is 2. The summed E-state index contributed by atoms with van der Waals surface area (Å²) in [6.45, 7) is 13.0. The number of hydrogen-bond donors (Lipinski definition) is 3. The molecule has 2 fully saturated rings. The Labute approximate surface area is 419 Å². The van der Waals surface area contributed by atoms with Crippen molar-refractivity contribution in [2.45, 2.75) is 26.1 Å². The van der Waals surface area contributed by atoms with Gasteiger partial charge in [-0.2, -0.15) is 14.1 Å². The second kappa shape index (κ2) is 22.0. The highest BCUT2D eigenvalue weighted by atomic mass is 19.4. The number of alkyl halides is 6. The van der Waals surface area contributed by atoms with Gasteiger partial charge in [0.05, 0.1) is 19.5 Å². The van der Waals surface area contributed by atoms with Gasteiger partial charge >= 0.3 is 12.7 Å². The van der Waals surface area contributed by atoms with E-state index in [0.717, 1.165) is 58.9 Å². The molecule has 0 saturated carbocycles. The van der Waals surface area contributed by atoms with E-state index < -0.39 is 12.7 Å². The first-order chi connectivity index (χ1) is 35.5. The van der Waals surface area contributed by atoms with Gasteiger partial charge in [0.15, 0.2) is 23.1 Å². The Hall–Kier alpha value is -7.30. The summed E-state index contributed by atoms with van der Waals surface area (Å²) in [5.41, 5.74) is 2.99. The summed E-state index contributed by atoms with van der Waals surface area (Å²) in [5, 5.41) is 35.8. The molecule has 0 aliphatic carbocycles. The highest BCUT2D eigenvalue weighted by molar-refractivity contribution is 5.95. The fraction of sp³-hybridized carbons (Fsp3) is 0.478. The molecule has 6 aromatic rings. The first-order valence-electron chi connectivity index (χ1n) is 23.9. The van der Waals surface area contributed by atoms with Gasteiger partial charge in [-0.3, -0.25) is 24.3 Å². The maximum absolute atomic E-state index is 12.8. The third kappa shape index (κ3) is 12.0. The number of fused-ring (bicyclic) bond motifs is 6. The van der Waals surface area contributed by atoms with Crippen LogP contribution < -0.4 is 49.6 Å². The second-order valence-electron chi connectivity index (χ2n) is 17.7. The minimum Gasteiger partial charge on any atom is -0.487 e. The van der Waals surface area contributed by atoms with Crippen molar-refractivity contribution in [2.75, 3.05) is 134 Å². The van der Waals surface area contributed by atoms with Crippen molar-refractivity contribution < 1.29 is 54.9 Å². The lowest BCUT2D eigenvalue weighted by molar-refractivity contribution is -0.275. The summed E-state index contributed by atoms with van der Waals surface area (Å²) in [5.74, 6) is 0.399. The molecule has 3 N–H and O–H groups in total. The number of benzene rings is 2. The van der Waals surface area contributed by atoms with Crippen molar-refractivity contribution in [3.05, 3.63) is 54.2 Å². The predicted octanol–water partition coefficient (Wildman–Crippen LogP) is 2.86. The molecule has 28 heteroatoms. The number of likely N-dealkylation sites (N-methyl/N-ethyl adjacent to an activating group) is 2. The summed E-state index contributed by atoms with van der Waals surface area (Å²) < 4.78 is 99.5. The van der Waals surface area contributed by atoms with E-state index in [4.69, 9.17) is 14.6 Å². The van der Waals surface area contributed by atoms with Gasteiger partial charge in [-0.05, 0) is 24.3 Å². The Morgan fingerprint density at radius 2 is 1.19 bits per heavy atom. The predicted molar refractivity (Wildman–Crippen MR) is 257 cm³/mol. The molecule has 8 heterocycles. The first-order valence-corrected chi connectivity index (χ1v) is 23.9. The van der Waals surface area contributed by atoms with Gasteiger partial charge in [-0.25, -0.2) is 0 Å². The number of carbonyl (C=O) groups is 2. The standard InChI is InChI=1S/2C23H27F3N8O3/c1-15(35)33(11-10-32-8-6-27-7-9-32)22-19-18(31(2)12-13-36-19)21-29-28-20(34(21)30-22)16-4-3-5-17(14-16)37-23(24,25)26;1-32-11-12-36-20-17(14-18(35)28-7-10-33-8-5-27-6-9-33)31-34-21(29-30-22(34)19(20)32)15-3-2-4-16(13-15)37-23(24,25)26/h3-5,14,27H,6-13H2,1-2H3;2-4,13,27H,5-12,14H2,1H3,(H,28,35). The van der Waals surface area contributed by atoms with Crippen molar-refractivity contribution in [3.8, 4) is 45.8 Å². The van der Waals surface area contributed by atoms with Crippen molar-refractivity contribution in [2.24, 2.45) is 0 Å². The lowest BCUT2D eigenvalue weighted by Crippen LogP contribution is -2.47. The summed E-state index contributed by atoms with van der Waals surface area (Å²) in [6.07, 6.45) is -9.70. The molecule has 74 heavy (non-hydrogen) atoms. The Morgan fingerprint density at radius 3 is 1.72 bits per heavy atom. The minimum absolute atomic E-state index is 0.0392. The topological polar surface area (TPSA) is 210 Å². The van der Waals surface area contributed by atoms with Crippen LogP contribution in [0, 0.1) is 0 Å². The molecule has 0 atom stereocenters. The van der Waals surface area contributed by atoms with Gasteiger partial charge in [0.25, 0.3) is 0 Å². The van der Waals surface area contributed by atoms with Crippen LogP contribution in [-0.4, -0.2) is 193 Å². The summed E-state index contributed by atoms with van der Waals surface area (Å²) in [7, 11) is 3.74. The molecule has 2 amide bonds. The average molecular weight is 1040 g/mol. The number of aromatic nitrogens is 8. The maximum Gasteiger partial charge on any atom is 0.573 e. The number of halogens is 6. The van der Waals surface area contributed by atoms with Crippen molar-refractivity contribution in [1.82, 2.24) is 65.4 Å². The SMILES string of the molecule is CC(=O)N(CCN1CCNCC1)c1nn2c(-c3cccc(OC(F)(F)F)c3)nnc2c2c1OCCN2C.CN1CCOc2c(CC(=O)NCCN3CCNCC3)nn3c(-c4cccc(OC(F)(F)F)c4)nnc3c21. The maximum atomic E-state index is 12.8. The van der Waals surface area contributed by atoms with E-state index in [9.17, 15) is 35.9 Å². The van der Waals surface area contributed by atoms with Crippen LogP contribution in [0.15, 0.2) is 48.5 Å². The highest BCUT2D eigenvalue weighted by Crippen LogP contribution is 2.43. The number of carbonyl (C=O) groups excluding carboxylic acids is 2. The molecule has 0 radical (unpaired) electrons. The van der Waals surface area contributed by atoms with E-state index in [1.807, 2.05) is 23.9 Å².